The van der Waals surface area contributed by atoms with Gasteiger partial charge in [0.1, 0.15) is 11.5 Å². The Labute approximate surface area is 128 Å². The van der Waals surface area contributed by atoms with Crippen LogP contribution in [0.15, 0.2) is 53.6 Å². The molecule has 0 aliphatic heterocycles. The Hall–Kier alpha value is -2.60. The van der Waals surface area contributed by atoms with E-state index in [9.17, 15) is 5.11 Å². The molecule has 0 saturated heterocycles. The first kappa shape index (κ1) is 14.8. The van der Waals surface area contributed by atoms with Gasteiger partial charge in [-0.3, -0.25) is 5.43 Å². The summed E-state index contributed by atoms with van der Waals surface area (Å²) in [5, 5.41) is 16.7. The van der Waals surface area contributed by atoms with Crippen molar-refractivity contribution in [1.29, 1.82) is 0 Å². The van der Waals surface area contributed by atoms with Gasteiger partial charge in [0.2, 0.25) is 0 Å². The zero-order chi connectivity index (χ0) is 15.1. The highest BCUT2D eigenvalue weighted by molar-refractivity contribution is 7.80. The number of nitrogens with zero attached hydrogens (tertiary/aromatic N) is 1. The number of hydrazone groups is 1. The number of phenols is 1. The number of rotatable bonds is 4. The minimum atomic E-state index is 0.192. The molecule has 2 aromatic carbocycles. The molecular formula is C15H15N3O2S. The summed E-state index contributed by atoms with van der Waals surface area (Å²) in [5.74, 6) is 0.971. The molecule has 5 nitrogen and oxygen atoms in total. The van der Waals surface area contributed by atoms with Crippen molar-refractivity contribution in [2.45, 2.75) is 0 Å². The average Bonchev–Trinajstić information content (AvgIpc) is 2.48. The second kappa shape index (κ2) is 7.25. The number of nitrogens with one attached hydrogen (secondary N) is 2. The van der Waals surface area contributed by atoms with Gasteiger partial charge in [-0.25, -0.2) is 0 Å². The molecule has 0 aromatic heterocycles. The molecule has 6 heteroatoms. The third-order valence-electron chi connectivity index (χ3n) is 2.60. The van der Waals surface area contributed by atoms with E-state index in [1.54, 1.807) is 31.5 Å². The van der Waals surface area contributed by atoms with Gasteiger partial charge in [-0.15, -0.1) is 0 Å². The predicted molar refractivity (Wildman–Crippen MR) is 88.1 cm³/mol. The van der Waals surface area contributed by atoms with E-state index >= 15 is 0 Å². The molecule has 21 heavy (non-hydrogen) atoms. The van der Waals surface area contributed by atoms with E-state index in [2.05, 4.69) is 15.8 Å². The summed E-state index contributed by atoms with van der Waals surface area (Å²) in [6, 6.07) is 14.1. The number of hydrogen-bond acceptors (Lipinski definition) is 4. The summed E-state index contributed by atoms with van der Waals surface area (Å²) in [7, 11) is 1.62. The van der Waals surface area contributed by atoms with Crippen LogP contribution in [0.2, 0.25) is 0 Å². The fourth-order valence-corrected chi connectivity index (χ4v) is 1.77. The first-order chi connectivity index (χ1) is 10.2. The van der Waals surface area contributed by atoms with Crippen LogP contribution in [0.1, 0.15) is 5.56 Å². The molecule has 0 amide bonds. The number of benzene rings is 2. The third kappa shape index (κ3) is 4.77. The first-order valence-electron chi connectivity index (χ1n) is 6.20. The Kier molecular flexibility index (Phi) is 5.11. The van der Waals surface area contributed by atoms with Crippen molar-refractivity contribution >= 4 is 29.2 Å². The molecule has 0 atom stereocenters. The number of methoxy groups -OCH3 is 1. The van der Waals surface area contributed by atoms with Gasteiger partial charge in [-0.2, -0.15) is 5.10 Å². The quantitative estimate of drug-likeness (QED) is 0.460. The number of ether oxygens (including phenoxy) is 1. The molecular weight excluding hydrogens is 286 g/mol. The Bertz CT molecular complexity index is 642. The molecule has 3 N–H and O–H groups in total. The Morgan fingerprint density at radius 3 is 2.67 bits per heavy atom. The van der Waals surface area contributed by atoms with Crippen LogP contribution in [0.4, 0.5) is 5.69 Å². The second-order valence-corrected chi connectivity index (χ2v) is 4.56. The predicted octanol–water partition coefficient (Wildman–Crippen LogP) is 2.72. The highest BCUT2D eigenvalue weighted by Crippen LogP contribution is 2.14. The van der Waals surface area contributed by atoms with Crippen LogP contribution in [0.25, 0.3) is 0 Å². The maximum atomic E-state index is 9.33. The van der Waals surface area contributed by atoms with Gasteiger partial charge in [0, 0.05) is 5.69 Å². The average molecular weight is 301 g/mol. The Morgan fingerprint density at radius 1 is 1.24 bits per heavy atom. The van der Waals surface area contributed by atoms with Gasteiger partial charge in [-0.1, -0.05) is 12.1 Å². The molecule has 0 fully saturated rings. The van der Waals surface area contributed by atoms with Crippen LogP contribution < -0.4 is 15.5 Å². The summed E-state index contributed by atoms with van der Waals surface area (Å²) >= 11 is 5.12. The fraction of sp³-hybridized carbons (Fsp3) is 0.0667. The van der Waals surface area contributed by atoms with Crippen molar-refractivity contribution in [3.63, 3.8) is 0 Å². The normalized spacial score (nSPS) is 10.3. The molecule has 0 aliphatic carbocycles. The second-order valence-electron chi connectivity index (χ2n) is 4.15. The molecule has 0 aliphatic rings. The fourth-order valence-electron chi connectivity index (χ4n) is 1.60. The van der Waals surface area contributed by atoms with Gasteiger partial charge in [0.15, 0.2) is 5.11 Å². The first-order valence-corrected chi connectivity index (χ1v) is 6.61. The molecule has 0 spiro atoms. The number of aromatic hydroxyl groups is 1. The van der Waals surface area contributed by atoms with E-state index in [0.29, 0.717) is 5.11 Å². The molecule has 108 valence electrons. The van der Waals surface area contributed by atoms with Crippen molar-refractivity contribution in [2.75, 3.05) is 12.4 Å². The van der Waals surface area contributed by atoms with Crippen LogP contribution in [0.3, 0.4) is 0 Å². The maximum Gasteiger partial charge on any atom is 0.191 e. The van der Waals surface area contributed by atoms with Crippen molar-refractivity contribution in [2.24, 2.45) is 5.10 Å². The lowest BCUT2D eigenvalue weighted by Crippen LogP contribution is -2.23. The van der Waals surface area contributed by atoms with E-state index in [1.165, 1.54) is 0 Å². The smallest absolute Gasteiger partial charge is 0.191 e. The molecule has 0 bridgehead atoms. The molecule has 0 saturated carbocycles. The van der Waals surface area contributed by atoms with Crippen LogP contribution in [-0.2, 0) is 0 Å². The van der Waals surface area contributed by atoms with Gasteiger partial charge >= 0.3 is 0 Å². The molecule has 2 rings (SSSR count). The van der Waals surface area contributed by atoms with Gasteiger partial charge < -0.3 is 15.2 Å². The van der Waals surface area contributed by atoms with Gasteiger partial charge in [0.05, 0.1) is 13.3 Å². The maximum absolute atomic E-state index is 9.33. The Balaban J connectivity index is 1.86. The summed E-state index contributed by atoms with van der Waals surface area (Å²) in [5.41, 5.74) is 4.31. The summed E-state index contributed by atoms with van der Waals surface area (Å²) < 4.78 is 5.08. The summed E-state index contributed by atoms with van der Waals surface area (Å²) in [6.07, 6.45) is 1.57. The van der Waals surface area contributed by atoms with E-state index in [4.69, 9.17) is 17.0 Å². The van der Waals surface area contributed by atoms with Crippen LogP contribution in [0.5, 0.6) is 11.5 Å². The molecule has 0 radical (unpaired) electrons. The Morgan fingerprint density at radius 2 is 2.00 bits per heavy atom. The van der Waals surface area contributed by atoms with Crippen molar-refractivity contribution in [1.82, 2.24) is 5.43 Å². The highest BCUT2D eigenvalue weighted by Gasteiger charge is 1.97. The lowest BCUT2D eigenvalue weighted by atomic mass is 10.2. The van der Waals surface area contributed by atoms with Crippen molar-refractivity contribution in [3.05, 3.63) is 54.1 Å². The molecule has 2 aromatic rings. The summed E-state index contributed by atoms with van der Waals surface area (Å²) in [4.78, 5) is 0. The van der Waals surface area contributed by atoms with Crippen LogP contribution in [0, 0.1) is 0 Å². The topological polar surface area (TPSA) is 65.9 Å². The van der Waals surface area contributed by atoms with Gasteiger partial charge in [0.25, 0.3) is 0 Å². The highest BCUT2D eigenvalue weighted by atomic mass is 32.1. The van der Waals surface area contributed by atoms with E-state index < -0.39 is 0 Å². The summed E-state index contributed by atoms with van der Waals surface area (Å²) in [6.45, 7) is 0. The third-order valence-corrected chi connectivity index (χ3v) is 2.79. The zero-order valence-electron chi connectivity index (χ0n) is 11.4. The van der Waals surface area contributed by atoms with E-state index in [0.717, 1.165) is 17.0 Å². The number of anilines is 1. The minimum Gasteiger partial charge on any atom is -0.508 e. The zero-order valence-corrected chi connectivity index (χ0v) is 12.2. The number of phenolic OH excluding ortho intramolecular Hbond substituents is 1. The minimum absolute atomic E-state index is 0.192. The van der Waals surface area contributed by atoms with Crippen LogP contribution in [-0.4, -0.2) is 23.5 Å². The number of hydrogen-bond donors (Lipinski definition) is 3. The number of thiocarbonyl (C=S) groups is 1. The van der Waals surface area contributed by atoms with Crippen molar-refractivity contribution < 1.29 is 9.84 Å². The standard InChI is InChI=1S/C15H15N3O2S/c1-20-14-7-5-12(6-8-14)17-15(21)18-16-10-11-3-2-4-13(19)9-11/h2-10,19H,1H3,(H2,17,18,21)/b16-10-. The van der Waals surface area contributed by atoms with E-state index in [-0.39, 0.29) is 5.75 Å². The lowest BCUT2D eigenvalue weighted by molar-refractivity contribution is 0.415. The molecule has 0 unspecified atom stereocenters. The monoisotopic (exact) mass is 301 g/mol. The SMILES string of the molecule is COc1ccc(NC(=S)N/N=C\c2cccc(O)c2)cc1. The lowest BCUT2D eigenvalue weighted by Gasteiger charge is -2.07. The molecule has 0 heterocycles. The largest absolute Gasteiger partial charge is 0.508 e. The van der Waals surface area contributed by atoms with Crippen molar-refractivity contribution in [3.8, 4) is 11.5 Å². The van der Waals surface area contributed by atoms with Crippen LogP contribution >= 0.6 is 12.2 Å². The van der Waals surface area contributed by atoms with Gasteiger partial charge in [-0.05, 0) is 54.2 Å². The van der Waals surface area contributed by atoms with E-state index in [1.807, 2.05) is 30.3 Å².